The van der Waals surface area contributed by atoms with E-state index in [-0.39, 0.29) is 24.0 Å². The monoisotopic (exact) mass is 250 g/mol. The van der Waals surface area contributed by atoms with Gasteiger partial charge in [-0.15, -0.1) is 0 Å². The molecule has 0 aromatic heterocycles. The Balaban J connectivity index is 2.71. The number of phenolic OH excluding ortho intramolecular Hbond substituents is 1. The first-order valence-electron chi connectivity index (χ1n) is 5.71. The summed E-state index contributed by atoms with van der Waals surface area (Å²) < 4.78 is 0. The molecule has 5 heteroatoms. The Morgan fingerprint density at radius 2 is 2.06 bits per heavy atom. The summed E-state index contributed by atoms with van der Waals surface area (Å²) in [5, 5.41) is 11.8. The second-order valence-electron chi connectivity index (χ2n) is 4.15. The summed E-state index contributed by atoms with van der Waals surface area (Å²) in [7, 11) is 3.21. The Labute approximate surface area is 106 Å². The number of aryl methyl sites for hydroxylation is 1. The van der Waals surface area contributed by atoms with Gasteiger partial charge in [0.2, 0.25) is 5.91 Å². The van der Waals surface area contributed by atoms with Crippen LogP contribution in [0.15, 0.2) is 18.2 Å². The van der Waals surface area contributed by atoms with Crippen LogP contribution in [-0.4, -0.2) is 42.5 Å². The van der Waals surface area contributed by atoms with Crippen LogP contribution in [0.3, 0.4) is 0 Å². The third-order valence-corrected chi connectivity index (χ3v) is 2.74. The molecule has 0 saturated carbocycles. The molecule has 0 aliphatic rings. The van der Waals surface area contributed by atoms with Gasteiger partial charge in [0.05, 0.1) is 0 Å². The van der Waals surface area contributed by atoms with Crippen molar-refractivity contribution in [2.24, 2.45) is 0 Å². The van der Waals surface area contributed by atoms with Crippen LogP contribution >= 0.6 is 0 Å². The Morgan fingerprint density at radius 3 is 2.61 bits per heavy atom. The zero-order valence-corrected chi connectivity index (χ0v) is 10.9. The molecule has 5 nitrogen and oxygen atoms in total. The van der Waals surface area contributed by atoms with Crippen molar-refractivity contribution < 1.29 is 14.7 Å². The van der Waals surface area contributed by atoms with E-state index in [1.165, 1.54) is 11.0 Å². The van der Waals surface area contributed by atoms with Crippen LogP contribution in [0.25, 0.3) is 0 Å². The van der Waals surface area contributed by atoms with Crippen molar-refractivity contribution in [3.63, 3.8) is 0 Å². The van der Waals surface area contributed by atoms with Crippen molar-refractivity contribution in [1.29, 1.82) is 0 Å². The largest absolute Gasteiger partial charge is 0.508 e. The molecule has 0 heterocycles. The highest BCUT2D eigenvalue weighted by Gasteiger charge is 2.14. The summed E-state index contributed by atoms with van der Waals surface area (Å²) in [6.45, 7) is 2.12. The van der Waals surface area contributed by atoms with Gasteiger partial charge in [-0.05, 0) is 30.7 Å². The minimum atomic E-state index is -0.156. The smallest absolute Gasteiger partial charge is 0.253 e. The maximum Gasteiger partial charge on any atom is 0.253 e. The molecule has 2 amide bonds. The van der Waals surface area contributed by atoms with Gasteiger partial charge in [0.1, 0.15) is 5.75 Å². The van der Waals surface area contributed by atoms with Crippen molar-refractivity contribution in [2.45, 2.75) is 13.3 Å². The molecule has 0 atom stereocenters. The molecule has 2 N–H and O–H groups in total. The summed E-state index contributed by atoms with van der Waals surface area (Å²) in [6.07, 6.45) is 0.274. The maximum absolute atomic E-state index is 12.1. The Kier molecular flexibility index (Phi) is 4.71. The number of aromatic hydroxyl groups is 1. The van der Waals surface area contributed by atoms with E-state index < -0.39 is 0 Å². The highest BCUT2D eigenvalue weighted by molar-refractivity contribution is 5.95. The van der Waals surface area contributed by atoms with Crippen LogP contribution < -0.4 is 5.32 Å². The zero-order chi connectivity index (χ0) is 13.7. The number of hydrogen-bond donors (Lipinski definition) is 2. The van der Waals surface area contributed by atoms with Crippen molar-refractivity contribution >= 4 is 11.8 Å². The van der Waals surface area contributed by atoms with Crippen LogP contribution in [0.1, 0.15) is 22.3 Å². The summed E-state index contributed by atoms with van der Waals surface area (Å²) >= 11 is 0. The fraction of sp³-hybridized carbons (Fsp3) is 0.385. The van der Waals surface area contributed by atoms with Gasteiger partial charge < -0.3 is 15.3 Å². The lowest BCUT2D eigenvalue weighted by Gasteiger charge is -2.18. The molecule has 0 bridgehead atoms. The van der Waals surface area contributed by atoms with E-state index in [9.17, 15) is 14.7 Å². The second kappa shape index (κ2) is 6.05. The minimum Gasteiger partial charge on any atom is -0.508 e. The molecule has 1 aromatic carbocycles. The third-order valence-electron chi connectivity index (χ3n) is 2.74. The number of hydrogen-bond acceptors (Lipinski definition) is 3. The van der Waals surface area contributed by atoms with Gasteiger partial charge in [-0.2, -0.15) is 0 Å². The van der Waals surface area contributed by atoms with Crippen molar-refractivity contribution in [2.75, 3.05) is 20.6 Å². The number of nitrogens with zero attached hydrogens (tertiary/aromatic N) is 1. The Morgan fingerprint density at radius 1 is 1.39 bits per heavy atom. The normalized spacial score (nSPS) is 9.94. The van der Waals surface area contributed by atoms with Gasteiger partial charge in [0.15, 0.2) is 0 Å². The number of rotatable bonds is 4. The highest BCUT2D eigenvalue weighted by atomic mass is 16.3. The van der Waals surface area contributed by atoms with Crippen molar-refractivity contribution in [3.05, 3.63) is 29.3 Å². The Hall–Kier alpha value is -2.04. The molecule has 98 valence electrons. The molecule has 0 radical (unpaired) electrons. The molecule has 1 rings (SSSR count). The SMILES string of the molecule is CNC(=O)CCN(C)C(=O)c1ccc(O)cc1C. The highest BCUT2D eigenvalue weighted by Crippen LogP contribution is 2.17. The van der Waals surface area contributed by atoms with E-state index in [4.69, 9.17) is 0 Å². The van der Waals surface area contributed by atoms with E-state index in [0.717, 1.165) is 0 Å². The lowest BCUT2D eigenvalue weighted by Crippen LogP contribution is -2.31. The number of amides is 2. The molecule has 0 aliphatic heterocycles. The molecule has 1 aromatic rings. The number of carbonyl (C=O) groups excluding carboxylic acids is 2. The lowest BCUT2D eigenvalue weighted by molar-refractivity contribution is -0.120. The first-order chi connectivity index (χ1) is 8.45. The quantitative estimate of drug-likeness (QED) is 0.834. The van der Waals surface area contributed by atoms with Crippen molar-refractivity contribution in [3.8, 4) is 5.75 Å². The topological polar surface area (TPSA) is 69.6 Å². The van der Waals surface area contributed by atoms with Crippen LogP contribution in [-0.2, 0) is 4.79 Å². The second-order valence-corrected chi connectivity index (χ2v) is 4.15. The van der Waals surface area contributed by atoms with E-state index in [2.05, 4.69) is 5.32 Å². The fourth-order valence-electron chi connectivity index (χ4n) is 1.59. The molecule has 18 heavy (non-hydrogen) atoms. The zero-order valence-electron chi connectivity index (χ0n) is 10.9. The molecule has 0 saturated heterocycles. The average molecular weight is 250 g/mol. The number of nitrogens with one attached hydrogen (secondary N) is 1. The van der Waals surface area contributed by atoms with E-state index in [1.807, 2.05) is 0 Å². The summed E-state index contributed by atoms with van der Waals surface area (Å²) in [5.41, 5.74) is 1.25. The van der Waals surface area contributed by atoms with Crippen LogP contribution in [0.2, 0.25) is 0 Å². The molecule has 0 unspecified atom stereocenters. The average Bonchev–Trinajstić information content (AvgIpc) is 2.34. The minimum absolute atomic E-state index is 0.0999. The summed E-state index contributed by atoms with van der Waals surface area (Å²) in [6, 6.07) is 4.61. The van der Waals surface area contributed by atoms with Crippen molar-refractivity contribution in [1.82, 2.24) is 10.2 Å². The third kappa shape index (κ3) is 3.48. The van der Waals surface area contributed by atoms with Gasteiger partial charge in [-0.3, -0.25) is 9.59 Å². The number of carbonyl (C=O) groups is 2. The molecule has 0 spiro atoms. The van der Waals surface area contributed by atoms with Crippen LogP contribution in [0.4, 0.5) is 0 Å². The molecule has 0 fully saturated rings. The molecule has 0 aliphatic carbocycles. The molecular weight excluding hydrogens is 232 g/mol. The maximum atomic E-state index is 12.1. The number of phenols is 1. The van der Waals surface area contributed by atoms with E-state index in [1.54, 1.807) is 33.2 Å². The standard InChI is InChI=1S/C13H18N2O3/c1-9-8-10(16)4-5-11(9)13(18)15(3)7-6-12(17)14-2/h4-5,8,16H,6-7H2,1-3H3,(H,14,17). The first-order valence-corrected chi connectivity index (χ1v) is 5.71. The fourth-order valence-corrected chi connectivity index (χ4v) is 1.59. The number of benzene rings is 1. The predicted molar refractivity (Wildman–Crippen MR) is 68.5 cm³/mol. The first kappa shape index (κ1) is 14.0. The predicted octanol–water partition coefficient (Wildman–Crippen LogP) is 0.909. The van der Waals surface area contributed by atoms with Gasteiger partial charge in [-0.25, -0.2) is 0 Å². The van der Waals surface area contributed by atoms with E-state index >= 15 is 0 Å². The summed E-state index contributed by atoms with van der Waals surface area (Å²) in [5.74, 6) is -0.120. The molecular formula is C13H18N2O3. The summed E-state index contributed by atoms with van der Waals surface area (Å²) in [4.78, 5) is 24.7. The van der Waals surface area contributed by atoms with Gasteiger partial charge >= 0.3 is 0 Å². The van der Waals surface area contributed by atoms with E-state index in [0.29, 0.717) is 17.7 Å². The van der Waals surface area contributed by atoms with Gasteiger partial charge in [0, 0.05) is 32.6 Å². The van der Waals surface area contributed by atoms with Crippen LogP contribution in [0.5, 0.6) is 5.75 Å². The van der Waals surface area contributed by atoms with Crippen LogP contribution in [0, 0.1) is 6.92 Å². The Bertz CT molecular complexity index is 458. The van der Waals surface area contributed by atoms with Gasteiger partial charge in [0.25, 0.3) is 5.91 Å². The van der Waals surface area contributed by atoms with Gasteiger partial charge in [-0.1, -0.05) is 0 Å². The lowest BCUT2D eigenvalue weighted by atomic mass is 10.1.